The fraction of sp³-hybridized carbons (Fsp3) is 0.150. The molecule has 0 atom stereocenters. The smallest absolute Gasteiger partial charge is 0.334 e. The predicted molar refractivity (Wildman–Crippen MR) is 108 cm³/mol. The van der Waals surface area contributed by atoms with Gasteiger partial charge in [0.25, 0.3) is 0 Å². The number of benzene rings is 2. The number of anilines is 4. The first-order valence-corrected chi connectivity index (χ1v) is 8.57. The van der Waals surface area contributed by atoms with Gasteiger partial charge in [0.05, 0.1) is 4.92 Å². The van der Waals surface area contributed by atoms with Gasteiger partial charge in [0, 0.05) is 16.9 Å². The third kappa shape index (κ3) is 4.12. The predicted octanol–water partition coefficient (Wildman–Crippen LogP) is 4.69. The zero-order valence-corrected chi connectivity index (χ0v) is 15.7. The summed E-state index contributed by atoms with van der Waals surface area (Å²) < 4.78 is 0. The van der Waals surface area contributed by atoms with Gasteiger partial charge >= 0.3 is 5.69 Å². The number of ketones is 1. The number of carbonyl (C=O) groups is 1. The molecule has 3 aromatic rings. The van der Waals surface area contributed by atoms with E-state index in [1.807, 2.05) is 32.0 Å². The summed E-state index contributed by atoms with van der Waals surface area (Å²) >= 11 is 0. The lowest BCUT2D eigenvalue weighted by Gasteiger charge is -2.12. The molecule has 28 heavy (non-hydrogen) atoms. The van der Waals surface area contributed by atoms with E-state index < -0.39 is 4.92 Å². The lowest BCUT2D eigenvalue weighted by molar-refractivity contribution is -0.383. The minimum absolute atomic E-state index is 0.0357. The van der Waals surface area contributed by atoms with E-state index in [2.05, 4.69) is 20.6 Å². The molecule has 8 nitrogen and oxygen atoms in total. The molecule has 8 heteroatoms. The average molecular weight is 377 g/mol. The minimum atomic E-state index is -0.537. The monoisotopic (exact) mass is 377 g/mol. The second kappa shape index (κ2) is 7.83. The maximum Gasteiger partial charge on any atom is 0.353 e. The van der Waals surface area contributed by atoms with Crippen LogP contribution in [-0.2, 0) is 0 Å². The first-order chi connectivity index (χ1) is 13.3. The maximum atomic E-state index is 11.7. The molecule has 0 aliphatic rings. The Bertz CT molecular complexity index is 1070. The molecule has 0 saturated carbocycles. The second-order valence-electron chi connectivity index (χ2n) is 6.38. The Labute approximate surface area is 161 Å². The number of hydrogen-bond donors (Lipinski definition) is 2. The van der Waals surface area contributed by atoms with Gasteiger partial charge in [-0.25, -0.2) is 9.97 Å². The summed E-state index contributed by atoms with van der Waals surface area (Å²) in [6.07, 6.45) is 1.25. The van der Waals surface area contributed by atoms with Crippen LogP contribution in [0.1, 0.15) is 28.4 Å². The van der Waals surface area contributed by atoms with E-state index in [-0.39, 0.29) is 23.1 Å². The molecule has 0 saturated heterocycles. The highest BCUT2D eigenvalue weighted by molar-refractivity contribution is 5.95. The Morgan fingerprint density at radius 3 is 2.43 bits per heavy atom. The number of aromatic nitrogens is 2. The summed E-state index contributed by atoms with van der Waals surface area (Å²) in [7, 11) is 0. The number of nitrogens with one attached hydrogen (secondary N) is 2. The van der Waals surface area contributed by atoms with Crippen LogP contribution in [0.25, 0.3) is 0 Å². The summed E-state index contributed by atoms with van der Waals surface area (Å²) in [5.41, 5.74) is 3.41. The number of nitrogens with zero attached hydrogens (tertiary/aromatic N) is 3. The second-order valence-corrected chi connectivity index (χ2v) is 6.38. The van der Waals surface area contributed by atoms with Crippen molar-refractivity contribution in [3.8, 4) is 0 Å². The molecule has 2 N–H and O–H groups in total. The van der Waals surface area contributed by atoms with Crippen LogP contribution in [0, 0.1) is 24.0 Å². The molecule has 0 radical (unpaired) electrons. The van der Waals surface area contributed by atoms with Crippen LogP contribution in [0.5, 0.6) is 0 Å². The maximum absolute atomic E-state index is 11.7. The number of carbonyl (C=O) groups excluding carboxylic acids is 1. The Morgan fingerprint density at radius 1 is 1.04 bits per heavy atom. The minimum Gasteiger partial charge on any atom is -0.334 e. The molecule has 1 aromatic heterocycles. The van der Waals surface area contributed by atoms with Gasteiger partial charge in [-0.2, -0.15) is 0 Å². The van der Waals surface area contributed by atoms with Crippen LogP contribution in [0.15, 0.2) is 48.8 Å². The highest BCUT2D eigenvalue weighted by atomic mass is 16.6. The quantitative estimate of drug-likeness (QED) is 0.364. The summed E-state index contributed by atoms with van der Waals surface area (Å²) in [4.78, 5) is 30.9. The van der Waals surface area contributed by atoms with E-state index in [4.69, 9.17) is 0 Å². The third-order valence-corrected chi connectivity index (χ3v) is 4.18. The van der Waals surface area contributed by atoms with E-state index in [1.165, 1.54) is 13.3 Å². The summed E-state index contributed by atoms with van der Waals surface area (Å²) in [6.45, 7) is 5.30. The highest BCUT2D eigenvalue weighted by Gasteiger charge is 2.24. The molecule has 2 aromatic carbocycles. The van der Waals surface area contributed by atoms with E-state index in [0.717, 1.165) is 16.8 Å². The zero-order valence-electron chi connectivity index (χ0n) is 15.7. The van der Waals surface area contributed by atoms with Crippen molar-refractivity contribution >= 4 is 34.5 Å². The van der Waals surface area contributed by atoms with Gasteiger partial charge in [0.1, 0.15) is 6.33 Å². The normalized spacial score (nSPS) is 10.4. The van der Waals surface area contributed by atoms with Crippen molar-refractivity contribution in [2.24, 2.45) is 0 Å². The van der Waals surface area contributed by atoms with Crippen LogP contribution in [0.4, 0.5) is 28.7 Å². The fourth-order valence-corrected chi connectivity index (χ4v) is 2.69. The Kier molecular flexibility index (Phi) is 5.30. The number of hydrogen-bond acceptors (Lipinski definition) is 7. The van der Waals surface area contributed by atoms with Crippen molar-refractivity contribution in [3.05, 3.63) is 75.6 Å². The average Bonchev–Trinajstić information content (AvgIpc) is 2.65. The highest BCUT2D eigenvalue weighted by Crippen LogP contribution is 2.34. The number of rotatable bonds is 6. The molecule has 0 amide bonds. The molecule has 0 fully saturated rings. The van der Waals surface area contributed by atoms with Crippen LogP contribution in [0.3, 0.4) is 0 Å². The van der Waals surface area contributed by atoms with Crippen molar-refractivity contribution < 1.29 is 9.72 Å². The van der Waals surface area contributed by atoms with Crippen LogP contribution < -0.4 is 10.6 Å². The molecular weight excluding hydrogens is 358 g/mol. The van der Waals surface area contributed by atoms with Gasteiger partial charge in [0.2, 0.25) is 11.6 Å². The summed E-state index contributed by atoms with van der Waals surface area (Å²) in [6, 6.07) is 12.5. The number of Topliss-reactive ketones (excluding diaryl/α,β-unsaturated/α-hetero) is 1. The van der Waals surface area contributed by atoms with Gasteiger partial charge in [0.15, 0.2) is 5.78 Å². The Balaban J connectivity index is 2.00. The largest absolute Gasteiger partial charge is 0.353 e. The van der Waals surface area contributed by atoms with Gasteiger partial charge in [-0.3, -0.25) is 14.9 Å². The number of aryl methyl sites for hydroxylation is 2. The molecule has 0 aliphatic carbocycles. The van der Waals surface area contributed by atoms with Gasteiger partial charge in [-0.05, 0) is 50.1 Å². The van der Waals surface area contributed by atoms with E-state index in [9.17, 15) is 14.9 Å². The summed E-state index contributed by atoms with van der Waals surface area (Å²) in [5, 5.41) is 17.7. The van der Waals surface area contributed by atoms with Crippen molar-refractivity contribution in [3.63, 3.8) is 0 Å². The standard InChI is InChI=1S/C20H19N5O3/c1-12-7-8-13(2)17(9-12)24-20-18(25(27)28)19(21-11-22-20)23-16-6-4-5-15(10-16)14(3)26/h4-11H,1-3H3,(H2,21,22,23,24). The molecule has 142 valence electrons. The van der Waals surface area contributed by atoms with Crippen molar-refractivity contribution in [1.82, 2.24) is 9.97 Å². The molecule has 1 heterocycles. The Morgan fingerprint density at radius 2 is 1.75 bits per heavy atom. The van der Waals surface area contributed by atoms with Gasteiger partial charge in [-0.1, -0.05) is 24.3 Å². The Hall–Kier alpha value is -3.81. The van der Waals surface area contributed by atoms with Crippen molar-refractivity contribution in [2.45, 2.75) is 20.8 Å². The first kappa shape index (κ1) is 19.0. The van der Waals surface area contributed by atoms with E-state index >= 15 is 0 Å². The molecule has 0 unspecified atom stereocenters. The van der Waals surface area contributed by atoms with Crippen LogP contribution in [-0.4, -0.2) is 20.7 Å². The lowest BCUT2D eigenvalue weighted by Crippen LogP contribution is -2.06. The molecule has 0 aliphatic heterocycles. The fourth-order valence-electron chi connectivity index (χ4n) is 2.69. The molecule has 0 spiro atoms. The van der Waals surface area contributed by atoms with E-state index in [1.54, 1.807) is 24.3 Å². The SMILES string of the molecule is CC(=O)c1cccc(Nc2ncnc(Nc3cc(C)ccc3C)c2[N+](=O)[O-])c1. The van der Waals surface area contributed by atoms with Gasteiger partial charge in [-0.15, -0.1) is 0 Å². The summed E-state index contributed by atoms with van der Waals surface area (Å²) in [5.74, 6) is 0.0190. The zero-order chi connectivity index (χ0) is 20.3. The number of nitro groups is 1. The van der Waals surface area contributed by atoms with Crippen molar-refractivity contribution in [2.75, 3.05) is 10.6 Å². The molecule has 0 bridgehead atoms. The third-order valence-electron chi connectivity index (χ3n) is 4.18. The molecular formula is C20H19N5O3. The van der Waals surface area contributed by atoms with Crippen LogP contribution in [0.2, 0.25) is 0 Å². The lowest BCUT2D eigenvalue weighted by atomic mass is 10.1. The van der Waals surface area contributed by atoms with E-state index in [0.29, 0.717) is 11.3 Å². The van der Waals surface area contributed by atoms with Gasteiger partial charge < -0.3 is 10.6 Å². The van der Waals surface area contributed by atoms with Crippen LogP contribution >= 0.6 is 0 Å². The van der Waals surface area contributed by atoms with Crippen molar-refractivity contribution in [1.29, 1.82) is 0 Å². The molecule has 3 rings (SSSR count). The first-order valence-electron chi connectivity index (χ1n) is 8.57. The topological polar surface area (TPSA) is 110 Å².